The number of anilines is 2. The molecule has 2 aromatic rings. The summed E-state index contributed by atoms with van der Waals surface area (Å²) in [4.78, 5) is 0. The van der Waals surface area contributed by atoms with Crippen molar-refractivity contribution in [3.63, 3.8) is 0 Å². The van der Waals surface area contributed by atoms with Gasteiger partial charge in [0, 0.05) is 22.0 Å². The van der Waals surface area contributed by atoms with E-state index in [1.165, 1.54) is 12.1 Å². The van der Waals surface area contributed by atoms with Crippen molar-refractivity contribution in [1.29, 1.82) is 0 Å². The molecule has 0 saturated carbocycles. The number of halogens is 5. The molecule has 0 aromatic heterocycles. The van der Waals surface area contributed by atoms with Crippen molar-refractivity contribution in [2.45, 2.75) is 44.8 Å². The van der Waals surface area contributed by atoms with Gasteiger partial charge in [0.2, 0.25) is 0 Å². The zero-order chi connectivity index (χ0) is 22.5. The van der Waals surface area contributed by atoms with E-state index in [1.54, 1.807) is 24.3 Å². The second-order valence-electron chi connectivity index (χ2n) is 8.18. The van der Waals surface area contributed by atoms with Crippen LogP contribution in [0.15, 0.2) is 42.6 Å². The van der Waals surface area contributed by atoms with Gasteiger partial charge in [-0.3, -0.25) is 0 Å². The van der Waals surface area contributed by atoms with E-state index in [0.29, 0.717) is 39.6 Å². The summed E-state index contributed by atoms with van der Waals surface area (Å²) < 4.78 is 56.8. The second-order valence-corrected chi connectivity index (χ2v) is 8.59. The summed E-state index contributed by atoms with van der Waals surface area (Å²) in [5.74, 6) is -2.40. The molecule has 2 aliphatic rings. The highest BCUT2D eigenvalue weighted by Crippen LogP contribution is 2.52. The fourth-order valence-corrected chi connectivity index (χ4v) is 4.94. The summed E-state index contributed by atoms with van der Waals surface area (Å²) >= 11 is 6.31. The Kier molecular flexibility index (Phi) is 5.54. The molecule has 31 heavy (non-hydrogen) atoms. The van der Waals surface area contributed by atoms with Crippen LogP contribution in [0.5, 0.6) is 0 Å². The largest absolute Gasteiger partial charge is 0.394 e. The number of nitrogens with one attached hydrogen (secondary N) is 2. The quantitative estimate of drug-likeness (QED) is 0.463. The van der Waals surface area contributed by atoms with Gasteiger partial charge in [0.15, 0.2) is 0 Å². The lowest BCUT2D eigenvalue weighted by Gasteiger charge is -2.41. The van der Waals surface area contributed by atoms with Crippen LogP contribution in [0.25, 0.3) is 6.08 Å². The van der Waals surface area contributed by atoms with Gasteiger partial charge in [-0.1, -0.05) is 31.2 Å². The van der Waals surface area contributed by atoms with Crippen LogP contribution in [0.4, 0.5) is 28.9 Å². The maximum absolute atomic E-state index is 14.3. The lowest BCUT2D eigenvalue weighted by Crippen LogP contribution is -2.38. The lowest BCUT2D eigenvalue weighted by atomic mass is 9.71. The molecule has 0 bridgehead atoms. The van der Waals surface area contributed by atoms with Gasteiger partial charge in [-0.05, 0) is 72.7 Å². The Morgan fingerprint density at radius 2 is 1.97 bits per heavy atom. The minimum Gasteiger partial charge on any atom is -0.377 e. The van der Waals surface area contributed by atoms with Gasteiger partial charge >= 0.3 is 6.18 Å². The zero-order valence-electron chi connectivity index (χ0n) is 17.2. The van der Waals surface area contributed by atoms with Gasteiger partial charge in [-0.15, -0.1) is 0 Å². The van der Waals surface area contributed by atoms with Gasteiger partial charge in [-0.2, -0.15) is 13.2 Å². The van der Waals surface area contributed by atoms with Crippen molar-refractivity contribution < 1.29 is 17.6 Å². The van der Waals surface area contributed by atoms with Crippen molar-refractivity contribution in [2.24, 2.45) is 5.92 Å². The predicted molar refractivity (Wildman–Crippen MR) is 118 cm³/mol. The van der Waals surface area contributed by atoms with Gasteiger partial charge in [0.1, 0.15) is 5.82 Å². The summed E-state index contributed by atoms with van der Waals surface area (Å²) in [6.45, 7) is 7.53. The topological polar surface area (TPSA) is 24.1 Å². The molecule has 2 unspecified atom stereocenters. The fraction of sp³-hybridized carbons (Fsp3) is 0.333. The van der Waals surface area contributed by atoms with Gasteiger partial charge in [0.25, 0.3) is 0 Å². The Morgan fingerprint density at radius 3 is 2.65 bits per heavy atom. The third-order valence-corrected chi connectivity index (χ3v) is 6.69. The highest BCUT2D eigenvalue weighted by atomic mass is 35.5. The average Bonchev–Trinajstić information content (AvgIpc) is 2.69. The van der Waals surface area contributed by atoms with E-state index >= 15 is 0 Å². The van der Waals surface area contributed by atoms with Crippen LogP contribution in [-0.4, -0.2) is 6.18 Å². The molecule has 2 nitrogen and oxygen atoms in total. The molecule has 3 atom stereocenters. The number of hydrogen-bond acceptors (Lipinski definition) is 2. The van der Waals surface area contributed by atoms with Crippen LogP contribution < -0.4 is 10.6 Å². The molecule has 0 radical (unpaired) electrons. The van der Waals surface area contributed by atoms with Crippen LogP contribution >= 0.6 is 11.6 Å². The van der Waals surface area contributed by atoms with Crippen molar-refractivity contribution in [2.75, 3.05) is 10.6 Å². The number of benzene rings is 2. The molecule has 0 spiro atoms. The highest BCUT2D eigenvalue weighted by molar-refractivity contribution is 6.31. The first kappa shape index (κ1) is 21.8. The average molecular weight is 451 g/mol. The minimum atomic E-state index is -4.41. The Balaban J connectivity index is 1.86. The molecule has 0 fully saturated rings. The van der Waals surface area contributed by atoms with Crippen molar-refractivity contribution in [3.05, 3.63) is 75.7 Å². The molecule has 2 N–H and O–H groups in total. The SMILES string of the molecule is C=C1C=Cc2c(cc(F)cc2NC2c3ccc(Cl)c(C)c3[C@H](CC)CC2C(F)(F)F)N1. The van der Waals surface area contributed by atoms with Gasteiger partial charge in [-0.25, -0.2) is 4.39 Å². The molecule has 1 aliphatic carbocycles. The number of alkyl halides is 3. The second kappa shape index (κ2) is 7.90. The van der Waals surface area contributed by atoms with Gasteiger partial charge in [0.05, 0.1) is 17.6 Å². The van der Waals surface area contributed by atoms with E-state index in [4.69, 9.17) is 11.6 Å². The fourth-order valence-electron chi connectivity index (χ4n) is 4.77. The summed E-state index contributed by atoms with van der Waals surface area (Å²) in [5, 5.41) is 6.55. The first-order valence-corrected chi connectivity index (χ1v) is 10.6. The van der Waals surface area contributed by atoms with Crippen molar-refractivity contribution in [1.82, 2.24) is 0 Å². The van der Waals surface area contributed by atoms with E-state index in [-0.39, 0.29) is 12.3 Å². The zero-order valence-corrected chi connectivity index (χ0v) is 18.0. The smallest absolute Gasteiger partial charge is 0.377 e. The Morgan fingerprint density at radius 1 is 1.23 bits per heavy atom. The van der Waals surface area contributed by atoms with Crippen LogP contribution in [0.1, 0.15) is 54.0 Å². The molecule has 1 aliphatic heterocycles. The monoisotopic (exact) mass is 450 g/mol. The summed E-state index contributed by atoms with van der Waals surface area (Å²) in [6, 6.07) is 4.80. The molecule has 2 aromatic carbocycles. The Hall–Kier alpha value is -2.47. The standard InChI is InChI=1S/C24H23ClF4N2/c1-4-14-9-18(24(27,28)29)23(17-7-8-19(25)13(3)22(14)17)31-21-11-15(26)10-20-16(21)6-5-12(2)30-20/h5-8,10-11,14,18,23,30-31H,2,4,9H2,1,3H3/t14-,18?,23?/m1/s1. The molecule has 1 heterocycles. The number of allylic oxidation sites excluding steroid dienone is 1. The molecule has 7 heteroatoms. The number of hydrogen-bond donors (Lipinski definition) is 2. The summed E-state index contributed by atoms with van der Waals surface area (Å²) in [6.07, 6.45) is -0.444. The van der Waals surface area contributed by atoms with Crippen LogP contribution in [0.2, 0.25) is 5.02 Å². The van der Waals surface area contributed by atoms with E-state index in [2.05, 4.69) is 17.2 Å². The van der Waals surface area contributed by atoms with E-state index in [9.17, 15) is 17.6 Å². The third-order valence-electron chi connectivity index (χ3n) is 6.28. The Bertz CT molecular complexity index is 1070. The molecule has 0 saturated heterocycles. The van der Waals surface area contributed by atoms with Gasteiger partial charge < -0.3 is 10.6 Å². The number of rotatable bonds is 3. The summed E-state index contributed by atoms with van der Waals surface area (Å²) in [5.41, 5.74) is 4.18. The normalized spacial score (nSPS) is 22.5. The van der Waals surface area contributed by atoms with E-state index < -0.39 is 24.0 Å². The summed E-state index contributed by atoms with van der Waals surface area (Å²) in [7, 11) is 0. The molecular formula is C24H23ClF4N2. The first-order chi connectivity index (χ1) is 14.6. The Labute approximate surface area is 184 Å². The minimum absolute atomic E-state index is 0.0474. The number of fused-ring (bicyclic) bond motifs is 2. The third kappa shape index (κ3) is 3.93. The van der Waals surface area contributed by atoms with E-state index in [0.717, 1.165) is 11.1 Å². The van der Waals surface area contributed by atoms with Crippen LogP contribution in [0, 0.1) is 18.7 Å². The maximum Gasteiger partial charge on any atom is 0.394 e. The predicted octanol–water partition coefficient (Wildman–Crippen LogP) is 7.97. The van der Waals surface area contributed by atoms with Crippen LogP contribution in [-0.2, 0) is 0 Å². The highest BCUT2D eigenvalue weighted by Gasteiger charge is 2.50. The first-order valence-electron chi connectivity index (χ1n) is 10.2. The molecule has 0 amide bonds. The molecule has 164 valence electrons. The maximum atomic E-state index is 14.3. The van der Waals surface area contributed by atoms with Crippen LogP contribution in [0.3, 0.4) is 0 Å². The van der Waals surface area contributed by atoms with Crippen molar-refractivity contribution in [3.8, 4) is 0 Å². The van der Waals surface area contributed by atoms with Crippen molar-refractivity contribution >= 4 is 29.1 Å². The van der Waals surface area contributed by atoms with E-state index in [1.807, 2.05) is 13.8 Å². The lowest BCUT2D eigenvalue weighted by molar-refractivity contribution is -0.184. The molecular weight excluding hydrogens is 428 g/mol. The molecule has 4 rings (SSSR count).